The number of amides is 2. The van der Waals surface area contributed by atoms with Crippen molar-refractivity contribution >= 4 is 23.6 Å². The number of ketones is 1. The summed E-state index contributed by atoms with van der Waals surface area (Å²) >= 11 is 0. The van der Waals surface area contributed by atoms with Gasteiger partial charge in [-0.2, -0.15) is 13.3 Å². The predicted octanol–water partition coefficient (Wildman–Crippen LogP) is 5.45. The van der Waals surface area contributed by atoms with E-state index in [2.05, 4.69) is 0 Å². The average molecular weight is 768 g/mol. The van der Waals surface area contributed by atoms with Gasteiger partial charge in [-0.3, -0.25) is 4.79 Å². The number of benzene rings is 1. The Morgan fingerprint density at radius 1 is 0.907 bits per heavy atom. The minimum absolute atomic E-state index is 0.0430. The molecule has 1 aromatic carbocycles. The summed E-state index contributed by atoms with van der Waals surface area (Å²) in [5.41, 5.74) is 14.5. The maximum atomic E-state index is 18.5. The van der Waals surface area contributed by atoms with Gasteiger partial charge in [0.2, 0.25) is 5.78 Å². The van der Waals surface area contributed by atoms with Crippen molar-refractivity contribution in [1.82, 2.24) is 0 Å². The van der Waals surface area contributed by atoms with Crippen LogP contribution in [0.3, 0.4) is 0 Å². The first kappa shape index (κ1) is 47.3. The topological polar surface area (TPSA) is 185 Å². The lowest BCUT2D eigenvalue weighted by atomic mass is 9.71. The molecular weight excluding hydrogens is 698 g/mol. The van der Waals surface area contributed by atoms with Crippen LogP contribution in [0.2, 0.25) is 0 Å². The van der Waals surface area contributed by atoms with Crippen LogP contribution in [0, 0.1) is 23.7 Å². The number of quaternary nitrogens is 1. The molecule has 6 atom stereocenters. The van der Waals surface area contributed by atoms with Crippen molar-refractivity contribution in [1.29, 1.82) is 0 Å². The first-order chi connectivity index (χ1) is 24.9. The molecule has 0 aromatic heterocycles. The highest BCUT2D eigenvalue weighted by atomic mass is 19.3. The van der Waals surface area contributed by atoms with Crippen molar-refractivity contribution in [2.24, 2.45) is 40.9 Å². The number of carbonyl (C=O) groups is 4. The van der Waals surface area contributed by atoms with Gasteiger partial charge in [0.1, 0.15) is 23.5 Å². The van der Waals surface area contributed by atoms with E-state index in [1.807, 2.05) is 0 Å². The summed E-state index contributed by atoms with van der Waals surface area (Å²) in [5.74, 6) is -11.9. The van der Waals surface area contributed by atoms with Crippen molar-refractivity contribution < 1.29 is 47.0 Å². The second-order valence-corrected chi connectivity index (χ2v) is 17.5. The standard InChI is InChI=1S/C41H69F2N4O7/c1-25(2)20-21-47(33(48)22-26(3)4,37(51)34(46)27(5)6)40(38(52)54-39(7,8)9,35(49)31(44)24-29-16-18-30(53-10)19-17-29)41(42,43)36(50)32(45)23-28-14-12-11-13-15-28/h16-19,25-28,31-32,34,36,50H,11-15,20-24,44-46H2,1-10H3/q+1/t31-,32?,34-,36?,40?,47?/m0/s1. The van der Waals surface area contributed by atoms with Gasteiger partial charge in [0.05, 0.1) is 26.1 Å². The molecule has 4 unspecified atom stereocenters. The number of nitrogens with zero attached hydrogens (tertiary/aromatic N) is 1. The molecule has 2 rings (SSSR count). The molecule has 7 N–H and O–H groups in total. The molecule has 1 saturated carbocycles. The third-order valence-electron chi connectivity index (χ3n) is 10.6. The van der Waals surface area contributed by atoms with Crippen LogP contribution in [0.4, 0.5) is 8.78 Å². The average Bonchev–Trinajstić information content (AvgIpc) is 3.08. The minimum Gasteiger partial charge on any atom is -0.497 e. The summed E-state index contributed by atoms with van der Waals surface area (Å²) in [6.45, 7) is 13.5. The number of hydrogen-bond donors (Lipinski definition) is 4. The van der Waals surface area contributed by atoms with Gasteiger partial charge in [0, 0.05) is 6.04 Å². The van der Waals surface area contributed by atoms with Crippen LogP contribution in [-0.2, 0) is 30.3 Å². The second kappa shape index (κ2) is 19.3. The Morgan fingerprint density at radius 3 is 1.93 bits per heavy atom. The maximum Gasteiger partial charge on any atom is 0.384 e. The van der Waals surface area contributed by atoms with Gasteiger partial charge in [0.15, 0.2) is 0 Å². The lowest BCUT2D eigenvalue weighted by Gasteiger charge is -2.52. The van der Waals surface area contributed by atoms with Crippen LogP contribution in [-0.4, -0.2) is 88.1 Å². The zero-order valence-electron chi connectivity index (χ0n) is 34.3. The molecule has 1 aromatic rings. The third kappa shape index (κ3) is 10.5. The number of hydrogen-bond acceptors (Lipinski definition) is 10. The number of imide groups is 1. The summed E-state index contributed by atoms with van der Waals surface area (Å²) in [7, 11) is 1.47. The minimum atomic E-state index is -4.89. The third-order valence-corrected chi connectivity index (χ3v) is 10.6. The lowest BCUT2D eigenvalue weighted by Crippen LogP contribution is -2.88. The fourth-order valence-corrected chi connectivity index (χ4v) is 7.52. The summed E-state index contributed by atoms with van der Waals surface area (Å²) in [4.78, 5) is 61.1. The molecule has 308 valence electrons. The molecule has 13 heteroatoms. The van der Waals surface area contributed by atoms with Crippen LogP contribution >= 0.6 is 0 Å². The van der Waals surface area contributed by atoms with Gasteiger partial charge in [-0.25, -0.2) is 14.4 Å². The number of aliphatic hydroxyl groups is 1. The summed E-state index contributed by atoms with van der Waals surface area (Å²) in [6.07, 6.45) is 0.284. The summed E-state index contributed by atoms with van der Waals surface area (Å²) < 4.78 is 45.9. The largest absolute Gasteiger partial charge is 0.497 e. The number of ether oxygens (including phenoxy) is 2. The SMILES string of the molecule is COc1ccc(C[C@H](N)C(=O)C(C(=O)OC(C)(C)C)(C(F)(F)C(O)C(N)CC2CCCCC2)[N+](CCC(C)C)(C(=O)CC(C)C)C(=O)[C@@H](N)C(C)C)cc1. The van der Waals surface area contributed by atoms with E-state index in [4.69, 9.17) is 26.7 Å². The van der Waals surface area contributed by atoms with E-state index in [1.165, 1.54) is 27.9 Å². The van der Waals surface area contributed by atoms with E-state index < -0.39 is 94.1 Å². The Kier molecular flexibility index (Phi) is 16.9. The molecule has 2 amide bonds. The molecule has 0 aliphatic heterocycles. The van der Waals surface area contributed by atoms with E-state index in [9.17, 15) is 5.11 Å². The lowest BCUT2D eigenvalue weighted by molar-refractivity contribution is -0.830. The predicted molar refractivity (Wildman–Crippen MR) is 205 cm³/mol. The number of halogens is 2. The van der Waals surface area contributed by atoms with Crippen LogP contribution in [0.1, 0.15) is 119 Å². The zero-order chi connectivity index (χ0) is 41.4. The van der Waals surface area contributed by atoms with Gasteiger partial charge < -0.3 is 31.8 Å². The Bertz CT molecular complexity index is 1410. The number of methoxy groups -OCH3 is 1. The normalized spacial score (nSPS) is 19.1. The number of aliphatic hydroxyl groups excluding tert-OH is 1. The Balaban J connectivity index is 3.24. The maximum absolute atomic E-state index is 18.5. The summed E-state index contributed by atoms with van der Waals surface area (Å²) in [5, 5.41) is 11.9. The van der Waals surface area contributed by atoms with Gasteiger partial charge in [0.25, 0.3) is 0 Å². The first-order valence-electron chi connectivity index (χ1n) is 19.6. The van der Waals surface area contributed by atoms with E-state index in [-0.39, 0.29) is 31.1 Å². The van der Waals surface area contributed by atoms with Crippen molar-refractivity contribution in [3.8, 4) is 5.75 Å². The molecule has 0 heterocycles. The zero-order valence-corrected chi connectivity index (χ0v) is 34.3. The summed E-state index contributed by atoms with van der Waals surface area (Å²) in [6, 6.07) is 1.21. The molecule has 0 radical (unpaired) electrons. The van der Waals surface area contributed by atoms with Gasteiger partial charge >= 0.3 is 29.2 Å². The molecule has 0 saturated heterocycles. The van der Waals surface area contributed by atoms with Gasteiger partial charge in [-0.05, 0) is 81.4 Å². The van der Waals surface area contributed by atoms with Crippen LogP contribution < -0.4 is 21.9 Å². The Hall–Kier alpha value is -2.84. The first-order valence-corrected chi connectivity index (χ1v) is 19.6. The van der Waals surface area contributed by atoms with Crippen molar-refractivity contribution in [2.45, 2.75) is 161 Å². The number of nitrogens with two attached hydrogens (primary N) is 3. The molecular formula is C41H69F2N4O7+. The van der Waals surface area contributed by atoms with E-state index in [1.54, 1.807) is 65.8 Å². The molecule has 1 aliphatic carbocycles. The number of rotatable bonds is 19. The van der Waals surface area contributed by atoms with E-state index >= 15 is 28.0 Å². The second-order valence-electron chi connectivity index (χ2n) is 17.5. The number of Topliss-reactive ketones (excluding diaryl/α,β-unsaturated/α-hetero) is 1. The van der Waals surface area contributed by atoms with Crippen LogP contribution in [0.15, 0.2) is 24.3 Å². The molecule has 0 spiro atoms. The molecule has 11 nitrogen and oxygen atoms in total. The van der Waals surface area contributed by atoms with Crippen molar-refractivity contribution in [3.63, 3.8) is 0 Å². The van der Waals surface area contributed by atoms with E-state index in [0.29, 0.717) is 24.2 Å². The highest BCUT2D eigenvalue weighted by Gasteiger charge is 2.84. The highest BCUT2D eigenvalue weighted by molar-refractivity contribution is 6.14. The molecule has 0 bridgehead atoms. The highest BCUT2D eigenvalue weighted by Crippen LogP contribution is 2.49. The number of carbonyl (C=O) groups excluding carboxylic acids is 4. The molecule has 1 fully saturated rings. The monoisotopic (exact) mass is 768 g/mol. The van der Waals surface area contributed by atoms with Crippen LogP contribution in [0.5, 0.6) is 5.75 Å². The fraction of sp³-hybridized carbons (Fsp3) is 0.756. The molecule has 1 aliphatic rings. The Morgan fingerprint density at radius 2 is 1.46 bits per heavy atom. The van der Waals surface area contributed by atoms with Crippen LogP contribution in [0.25, 0.3) is 0 Å². The molecule has 54 heavy (non-hydrogen) atoms. The number of alkyl halides is 2. The van der Waals surface area contributed by atoms with Crippen molar-refractivity contribution in [3.05, 3.63) is 29.8 Å². The van der Waals surface area contributed by atoms with Gasteiger partial charge in [-0.1, -0.05) is 85.8 Å². The number of esters is 1. The van der Waals surface area contributed by atoms with Crippen molar-refractivity contribution in [2.75, 3.05) is 13.7 Å². The van der Waals surface area contributed by atoms with Gasteiger partial charge in [-0.15, -0.1) is 0 Å². The smallest absolute Gasteiger partial charge is 0.384 e. The fourth-order valence-electron chi connectivity index (χ4n) is 7.52. The van der Waals surface area contributed by atoms with E-state index in [0.717, 1.165) is 19.3 Å². The quantitative estimate of drug-likeness (QED) is 0.0802. The Labute approximate surface area is 321 Å².